The lowest BCUT2D eigenvalue weighted by molar-refractivity contribution is -0.135. The Labute approximate surface area is 185 Å². The van der Waals surface area contributed by atoms with E-state index in [1.54, 1.807) is 4.90 Å². The first-order chi connectivity index (χ1) is 15.3. The van der Waals surface area contributed by atoms with Crippen LogP contribution in [0.5, 0.6) is 0 Å². The van der Waals surface area contributed by atoms with Crippen molar-refractivity contribution in [1.82, 2.24) is 15.1 Å². The van der Waals surface area contributed by atoms with E-state index in [-0.39, 0.29) is 48.5 Å². The number of nitrogens with zero attached hydrogens (tertiary/aromatic N) is 2. The van der Waals surface area contributed by atoms with Crippen LogP contribution in [0.1, 0.15) is 31.2 Å². The second-order valence-electron chi connectivity index (χ2n) is 8.90. The summed E-state index contributed by atoms with van der Waals surface area (Å²) in [6.07, 6.45) is 3.17. The van der Waals surface area contributed by atoms with Gasteiger partial charge >= 0.3 is 6.03 Å². The molecule has 0 aliphatic carbocycles. The minimum absolute atomic E-state index is 0.0207. The van der Waals surface area contributed by atoms with Crippen molar-refractivity contribution >= 4 is 11.9 Å². The van der Waals surface area contributed by atoms with E-state index in [4.69, 9.17) is 10.5 Å². The van der Waals surface area contributed by atoms with Gasteiger partial charge in [0.2, 0.25) is 5.91 Å². The third-order valence-corrected chi connectivity index (χ3v) is 6.90. The molecule has 3 unspecified atom stereocenters. The molecule has 3 heterocycles. The number of morpholine rings is 1. The number of halogens is 3. The highest BCUT2D eigenvalue weighted by Crippen LogP contribution is 2.40. The molecule has 3 aliphatic heterocycles. The molecular weight excluding hydrogens is 425 g/mol. The number of hydrogen-bond donors (Lipinski definition) is 2. The second kappa shape index (κ2) is 9.66. The molecule has 3 N–H and O–H groups in total. The molecule has 176 valence electrons. The van der Waals surface area contributed by atoms with Crippen molar-refractivity contribution in [3.63, 3.8) is 0 Å². The van der Waals surface area contributed by atoms with Crippen molar-refractivity contribution in [3.8, 4) is 0 Å². The van der Waals surface area contributed by atoms with Gasteiger partial charge in [0, 0.05) is 37.3 Å². The van der Waals surface area contributed by atoms with E-state index in [9.17, 15) is 22.8 Å². The Morgan fingerprint density at radius 1 is 1.06 bits per heavy atom. The summed E-state index contributed by atoms with van der Waals surface area (Å²) in [5.74, 6) is -3.17. The van der Waals surface area contributed by atoms with Crippen LogP contribution >= 0.6 is 0 Å². The van der Waals surface area contributed by atoms with E-state index in [0.717, 1.165) is 18.9 Å². The van der Waals surface area contributed by atoms with Crippen molar-refractivity contribution in [3.05, 3.63) is 35.1 Å². The average molecular weight is 454 g/mol. The van der Waals surface area contributed by atoms with Crippen LogP contribution in [-0.2, 0) is 16.0 Å². The third-order valence-electron chi connectivity index (χ3n) is 6.90. The topological polar surface area (TPSA) is 87.9 Å². The molecule has 10 heteroatoms. The van der Waals surface area contributed by atoms with Crippen LogP contribution in [0, 0.1) is 23.4 Å². The maximum Gasteiger partial charge on any atom is 0.317 e. The molecule has 0 aromatic heterocycles. The van der Waals surface area contributed by atoms with Crippen LogP contribution in [0.25, 0.3) is 0 Å². The van der Waals surface area contributed by atoms with E-state index in [2.05, 4.69) is 5.32 Å². The van der Waals surface area contributed by atoms with Crippen LogP contribution < -0.4 is 11.1 Å². The summed E-state index contributed by atoms with van der Waals surface area (Å²) in [7, 11) is 0. The zero-order valence-electron chi connectivity index (χ0n) is 17.9. The Kier molecular flexibility index (Phi) is 6.90. The van der Waals surface area contributed by atoms with Crippen molar-refractivity contribution in [2.24, 2.45) is 11.7 Å². The predicted molar refractivity (Wildman–Crippen MR) is 110 cm³/mol. The Balaban J connectivity index is 1.31. The van der Waals surface area contributed by atoms with Gasteiger partial charge in [-0.25, -0.2) is 18.0 Å². The molecule has 0 saturated carbocycles. The second-order valence-corrected chi connectivity index (χ2v) is 8.90. The number of rotatable bonds is 5. The summed E-state index contributed by atoms with van der Waals surface area (Å²) in [6.45, 7) is 1.95. The summed E-state index contributed by atoms with van der Waals surface area (Å²) < 4.78 is 45.9. The highest BCUT2D eigenvalue weighted by atomic mass is 19.2. The lowest BCUT2D eigenvalue weighted by atomic mass is 9.82. The molecule has 3 amide bonds. The van der Waals surface area contributed by atoms with Gasteiger partial charge in [0.15, 0.2) is 11.6 Å². The molecule has 1 aromatic carbocycles. The van der Waals surface area contributed by atoms with E-state index in [0.29, 0.717) is 45.2 Å². The first kappa shape index (κ1) is 22.8. The molecule has 1 aromatic rings. The molecule has 4 rings (SSSR count). The monoisotopic (exact) mass is 454 g/mol. The average Bonchev–Trinajstić information content (AvgIpc) is 3.05. The number of fused-ring (bicyclic) bond motifs is 2. The number of nitrogens with two attached hydrogens (primary N) is 1. The molecule has 2 bridgehead atoms. The molecule has 0 radical (unpaired) electrons. The van der Waals surface area contributed by atoms with Gasteiger partial charge in [-0.15, -0.1) is 0 Å². The fourth-order valence-electron chi connectivity index (χ4n) is 5.24. The number of benzene rings is 1. The summed E-state index contributed by atoms with van der Waals surface area (Å²) in [5.41, 5.74) is 6.40. The van der Waals surface area contributed by atoms with Crippen molar-refractivity contribution in [1.29, 1.82) is 0 Å². The molecular formula is C22H29F3N4O3. The highest BCUT2D eigenvalue weighted by Gasteiger charge is 2.44. The molecule has 4 atom stereocenters. The fourth-order valence-corrected chi connectivity index (χ4v) is 5.24. The zero-order valence-corrected chi connectivity index (χ0v) is 17.9. The standard InChI is InChI=1S/C22H29F3N4O3/c23-17-11-19(25)18(24)9-13(17)10-20(26)14-7-15-1-2-16(8-14)29(15)21(30)12-27-22(31)28-3-5-32-6-4-28/h9,11,14-16,20H,1-8,10,12,26H2,(H,27,31)/t14?,15-,16?,20?/m0/s1. The Hall–Kier alpha value is -2.33. The number of carbonyl (C=O) groups excluding carboxylic acids is 2. The summed E-state index contributed by atoms with van der Waals surface area (Å²) >= 11 is 0. The van der Waals surface area contributed by atoms with E-state index < -0.39 is 23.5 Å². The minimum Gasteiger partial charge on any atom is -0.378 e. The van der Waals surface area contributed by atoms with Crippen LogP contribution in [-0.4, -0.2) is 72.7 Å². The van der Waals surface area contributed by atoms with Crippen molar-refractivity contribution in [2.75, 3.05) is 32.8 Å². The van der Waals surface area contributed by atoms with Crippen LogP contribution in [0.2, 0.25) is 0 Å². The number of amides is 3. The van der Waals surface area contributed by atoms with Crippen LogP contribution in [0.15, 0.2) is 12.1 Å². The summed E-state index contributed by atoms with van der Waals surface area (Å²) in [5, 5.41) is 2.71. The lowest BCUT2D eigenvalue weighted by Crippen LogP contribution is -2.54. The van der Waals surface area contributed by atoms with Crippen molar-refractivity contribution in [2.45, 2.75) is 50.2 Å². The van der Waals surface area contributed by atoms with Gasteiger partial charge in [0.1, 0.15) is 5.82 Å². The van der Waals surface area contributed by atoms with Crippen LogP contribution in [0.4, 0.5) is 18.0 Å². The zero-order chi connectivity index (χ0) is 22.8. The van der Waals surface area contributed by atoms with E-state index >= 15 is 0 Å². The first-order valence-electron chi connectivity index (χ1n) is 11.1. The Bertz CT molecular complexity index is 851. The molecule has 32 heavy (non-hydrogen) atoms. The maximum atomic E-state index is 14.0. The summed E-state index contributed by atoms with van der Waals surface area (Å²) in [4.78, 5) is 28.6. The van der Waals surface area contributed by atoms with E-state index in [1.807, 2.05) is 4.90 Å². The Morgan fingerprint density at radius 2 is 1.69 bits per heavy atom. The molecule has 3 aliphatic rings. The van der Waals surface area contributed by atoms with E-state index in [1.165, 1.54) is 0 Å². The first-order valence-corrected chi connectivity index (χ1v) is 11.1. The predicted octanol–water partition coefficient (Wildman–Crippen LogP) is 1.79. The van der Waals surface area contributed by atoms with Gasteiger partial charge in [-0.1, -0.05) is 0 Å². The number of carbonyl (C=O) groups is 2. The largest absolute Gasteiger partial charge is 0.378 e. The van der Waals surface area contributed by atoms with Gasteiger partial charge in [-0.05, 0) is 49.7 Å². The molecule has 3 fully saturated rings. The lowest BCUT2D eigenvalue weighted by Gasteiger charge is -2.41. The normalized spacial score (nSPS) is 26.2. The maximum absolute atomic E-state index is 14.0. The van der Waals surface area contributed by atoms with Gasteiger partial charge in [-0.3, -0.25) is 4.79 Å². The summed E-state index contributed by atoms with van der Waals surface area (Å²) in [6, 6.07) is 0.776. The van der Waals surface area contributed by atoms with Gasteiger partial charge < -0.3 is 25.6 Å². The van der Waals surface area contributed by atoms with Crippen molar-refractivity contribution < 1.29 is 27.5 Å². The molecule has 0 spiro atoms. The number of hydrogen-bond acceptors (Lipinski definition) is 4. The minimum atomic E-state index is -1.22. The smallest absolute Gasteiger partial charge is 0.317 e. The highest BCUT2D eigenvalue weighted by molar-refractivity contribution is 5.84. The fraction of sp³-hybridized carbons (Fsp3) is 0.636. The quantitative estimate of drug-likeness (QED) is 0.664. The number of nitrogens with one attached hydrogen (secondary N) is 1. The SMILES string of the molecule is NC(Cc1cc(F)c(F)cc1F)C1CC2CC[C@@H](C1)N2C(=O)CNC(=O)N1CCOCC1. The van der Waals surface area contributed by atoms with Crippen LogP contribution in [0.3, 0.4) is 0 Å². The number of ether oxygens (including phenoxy) is 1. The molecule has 3 saturated heterocycles. The van der Waals surface area contributed by atoms with Gasteiger partial charge in [0.05, 0.1) is 19.8 Å². The number of urea groups is 1. The van der Waals surface area contributed by atoms with Gasteiger partial charge in [-0.2, -0.15) is 0 Å². The Morgan fingerprint density at radius 3 is 2.34 bits per heavy atom. The third kappa shape index (κ3) is 4.85. The number of piperidine rings is 1. The van der Waals surface area contributed by atoms with Gasteiger partial charge in [0.25, 0.3) is 0 Å². The molecule has 7 nitrogen and oxygen atoms in total.